The fraction of sp³-hybridized carbons (Fsp3) is 0.812. The fourth-order valence-corrected chi connectivity index (χ4v) is 3.04. The Labute approximate surface area is 148 Å². The van der Waals surface area contributed by atoms with E-state index < -0.39 is 29.1 Å². The summed E-state index contributed by atoms with van der Waals surface area (Å²) in [7, 11) is 0. The molecule has 1 amide bonds. The highest BCUT2D eigenvalue weighted by molar-refractivity contribution is 7.80. The summed E-state index contributed by atoms with van der Waals surface area (Å²) in [6.45, 7) is 5.74. The molecule has 0 aromatic heterocycles. The third-order valence-corrected chi connectivity index (χ3v) is 4.49. The lowest BCUT2D eigenvalue weighted by Crippen LogP contribution is -2.58. The largest absolute Gasteiger partial charge is 0.480 e. The summed E-state index contributed by atoms with van der Waals surface area (Å²) in [4.78, 5) is 37.0. The third-order valence-electron chi connectivity index (χ3n) is 3.93. The summed E-state index contributed by atoms with van der Waals surface area (Å²) in [5, 5.41) is 9.21. The number of carboxylic acids is 1. The van der Waals surface area contributed by atoms with Crippen LogP contribution in [0.1, 0.15) is 52.9 Å². The number of nitrogens with two attached hydrogens (primary N) is 1. The van der Waals surface area contributed by atoms with Crippen molar-refractivity contribution in [3.8, 4) is 0 Å². The molecular formula is C16H28N2O5S. The Bertz CT molecular complexity index is 491. The molecule has 7 nitrogen and oxygen atoms in total. The minimum Gasteiger partial charge on any atom is -0.480 e. The minimum absolute atomic E-state index is 0.0863. The molecule has 1 unspecified atom stereocenters. The number of amides is 1. The lowest BCUT2D eigenvalue weighted by atomic mass is 9.93. The number of esters is 1. The standard InChI is InChI=1S/C16H28N2O5S/c1-15(2,3)23-12(19)7-4-8-16(17,10-24)14(22)18-9-5-6-11(18)13(20)21/h11,24H,4-10,17H2,1-3H3,(H,20,21)/t11-,16?/m0/s1. The monoisotopic (exact) mass is 360 g/mol. The van der Waals surface area contributed by atoms with Crippen LogP contribution in [0, 0.1) is 0 Å². The van der Waals surface area contributed by atoms with Gasteiger partial charge in [-0.1, -0.05) is 0 Å². The molecule has 138 valence electrons. The second kappa shape index (κ2) is 8.20. The van der Waals surface area contributed by atoms with Crippen LogP contribution in [-0.4, -0.2) is 57.3 Å². The van der Waals surface area contributed by atoms with Crippen LogP contribution < -0.4 is 5.73 Å². The molecule has 1 fully saturated rings. The zero-order valence-electron chi connectivity index (χ0n) is 14.6. The van der Waals surface area contributed by atoms with Gasteiger partial charge in [0.25, 0.3) is 0 Å². The molecule has 3 N–H and O–H groups in total. The van der Waals surface area contributed by atoms with E-state index in [0.717, 1.165) is 0 Å². The fourth-order valence-electron chi connectivity index (χ4n) is 2.75. The highest BCUT2D eigenvalue weighted by atomic mass is 32.1. The Kier molecular flexibility index (Phi) is 7.10. The van der Waals surface area contributed by atoms with Gasteiger partial charge in [0.2, 0.25) is 5.91 Å². The van der Waals surface area contributed by atoms with E-state index in [1.54, 1.807) is 20.8 Å². The van der Waals surface area contributed by atoms with Gasteiger partial charge in [-0.15, -0.1) is 0 Å². The van der Waals surface area contributed by atoms with Crippen molar-refractivity contribution in [2.75, 3.05) is 12.3 Å². The summed E-state index contributed by atoms with van der Waals surface area (Å²) in [6.07, 6.45) is 1.85. The van der Waals surface area contributed by atoms with Crippen molar-refractivity contribution in [1.82, 2.24) is 4.90 Å². The van der Waals surface area contributed by atoms with E-state index in [4.69, 9.17) is 10.5 Å². The van der Waals surface area contributed by atoms with Gasteiger partial charge in [0.15, 0.2) is 0 Å². The second-order valence-corrected chi connectivity index (χ2v) is 7.57. The lowest BCUT2D eigenvalue weighted by Gasteiger charge is -2.33. The molecule has 0 saturated carbocycles. The summed E-state index contributed by atoms with van der Waals surface area (Å²) in [5.74, 6) is -1.69. The van der Waals surface area contributed by atoms with Crippen LogP contribution in [0.4, 0.5) is 0 Å². The smallest absolute Gasteiger partial charge is 0.326 e. The molecule has 1 aliphatic heterocycles. The number of thiol groups is 1. The van der Waals surface area contributed by atoms with Crippen LogP contribution in [0.3, 0.4) is 0 Å². The molecule has 0 bridgehead atoms. The zero-order valence-corrected chi connectivity index (χ0v) is 15.5. The number of carboxylic acid groups (broad SMARTS) is 1. The number of likely N-dealkylation sites (tertiary alicyclic amines) is 1. The number of aliphatic carboxylic acids is 1. The summed E-state index contributed by atoms with van der Waals surface area (Å²) < 4.78 is 5.22. The number of rotatable bonds is 7. The van der Waals surface area contributed by atoms with E-state index in [1.807, 2.05) is 0 Å². The van der Waals surface area contributed by atoms with Gasteiger partial charge in [-0.25, -0.2) is 4.79 Å². The van der Waals surface area contributed by atoms with Gasteiger partial charge in [0.1, 0.15) is 17.2 Å². The Morgan fingerprint density at radius 3 is 2.46 bits per heavy atom. The maximum atomic E-state index is 12.7. The molecule has 0 aliphatic carbocycles. The summed E-state index contributed by atoms with van der Waals surface area (Å²) in [5.41, 5.74) is 4.35. The molecule has 1 rings (SSSR count). The summed E-state index contributed by atoms with van der Waals surface area (Å²) >= 11 is 4.17. The molecule has 8 heteroatoms. The van der Waals surface area contributed by atoms with E-state index in [0.29, 0.717) is 25.8 Å². The first-order chi connectivity index (χ1) is 11.0. The van der Waals surface area contributed by atoms with Gasteiger partial charge in [-0.05, 0) is 46.5 Å². The number of ether oxygens (including phenoxy) is 1. The van der Waals surface area contributed by atoms with Gasteiger partial charge < -0.3 is 20.5 Å². The molecule has 1 saturated heterocycles. The minimum atomic E-state index is -1.27. The molecule has 0 aromatic carbocycles. The molecular weight excluding hydrogens is 332 g/mol. The number of hydrogen-bond acceptors (Lipinski definition) is 6. The van der Waals surface area contributed by atoms with Crippen LogP contribution in [0.25, 0.3) is 0 Å². The van der Waals surface area contributed by atoms with Crippen molar-refractivity contribution in [3.63, 3.8) is 0 Å². The van der Waals surface area contributed by atoms with Crippen LogP contribution in [0.5, 0.6) is 0 Å². The lowest BCUT2D eigenvalue weighted by molar-refractivity contribution is -0.155. The Morgan fingerprint density at radius 1 is 1.33 bits per heavy atom. The molecule has 0 aromatic rings. The molecule has 0 radical (unpaired) electrons. The number of hydrogen-bond donors (Lipinski definition) is 3. The van der Waals surface area contributed by atoms with Crippen LogP contribution >= 0.6 is 12.6 Å². The quantitative estimate of drug-likeness (QED) is 0.465. The average Bonchev–Trinajstić information content (AvgIpc) is 2.93. The van der Waals surface area contributed by atoms with Crippen molar-refractivity contribution in [2.45, 2.75) is 70.1 Å². The number of carbonyl (C=O) groups is 3. The zero-order chi connectivity index (χ0) is 18.5. The SMILES string of the molecule is CC(C)(C)OC(=O)CCCC(N)(CS)C(=O)N1CCC[C@H]1C(=O)O. The first-order valence-electron chi connectivity index (χ1n) is 8.15. The van der Waals surface area contributed by atoms with E-state index in [9.17, 15) is 19.5 Å². The number of carbonyl (C=O) groups excluding carboxylic acids is 2. The molecule has 2 atom stereocenters. The topological polar surface area (TPSA) is 110 Å². The van der Waals surface area contributed by atoms with E-state index in [-0.39, 0.29) is 24.6 Å². The van der Waals surface area contributed by atoms with Crippen molar-refractivity contribution < 1.29 is 24.2 Å². The van der Waals surface area contributed by atoms with Crippen LogP contribution in [0.15, 0.2) is 0 Å². The highest BCUT2D eigenvalue weighted by Crippen LogP contribution is 2.24. The first-order valence-corrected chi connectivity index (χ1v) is 8.79. The Morgan fingerprint density at radius 2 is 1.96 bits per heavy atom. The average molecular weight is 360 g/mol. The van der Waals surface area contributed by atoms with Gasteiger partial charge in [-0.3, -0.25) is 9.59 Å². The number of nitrogens with zero attached hydrogens (tertiary/aromatic N) is 1. The third kappa shape index (κ3) is 5.66. The van der Waals surface area contributed by atoms with Gasteiger partial charge in [0.05, 0.1) is 0 Å². The predicted molar refractivity (Wildman–Crippen MR) is 92.8 cm³/mol. The van der Waals surface area contributed by atoms with Crippen molar-refractivity contribution >= 4 is 30.5 Å². The maximum Gasteiger partial charge on any atom is 0.326 e. The van der Waals surface area contributed by atoms with E-state index in [1.165, 1.54) is 4.90 Å². The molecule has 1 heterocycles. The Balaban J connectivity index is 2.63. The van der Waals surface area contributed by atoms with Crippen molar-refractivity contribution in [3.05, 3.63) is 0 Å². The molecule has 0 spiro atoms. The highest BCUT2D eigenvalue weighted by Gasteiger charge is 2.42. The molecule has 1 aliphatic rings. The van der Waals surface area contributed by atoms with Crippen LogP contribution in [0.2, 0.25) is 0 Å². The summed E-state index contributed by atoms with van der Waals surface area (Å²) in [6, 6.07) is -0.828. The van der Waals surface area contributed by atoms with E-state index in [2.05, 4.69) is 12.6 Å². The van der Waals surface area contributed by atoms with Crippen LogP contribution in [-0.2, 0) is 19.1 Å². The first kappa shape index (κ1) is 20.8. The van der Waals surface area contributed by atoms with Gasteiger partial charge in [0, 0.05) is 18.7 Å². The van der Waals surface area contributed by atoms with E-state index >= 15 is 0 Å². The van der Waals surface area contributed by atoms with Gasteiger partial charge in [-0.2, -0.15) is 12.6 Å². The van der Waals surface area contributed by atoms with Crippen molar-refractivity contribution in [2.24, 2.45) is 5.73 Å². The van der Waals surface area contributed by atoms with Crippen molar-refractivity contribution in [1.29, 1.82) is 0 Å². The van der Waals surface area contributed by atoms with Gasteiger partial charge >= 0.3 is 11.9 Å². The normalized spacial score (nSPS) is 20.5. The predicted octanol–water partition coefficient (Wildman–Crippen LogP) is 1.20. The molecule has 24 heavy (non-hydrogen) atoms. The second-order valence-electron chi connectivity index (χ2n) is 7.25. The Hall–Kier alpha value is -1.28. The maximum absolute atomic E-state index is 12.7.